The summed E-state index contributed by atoms with van der Waals surface area (Å²) in [5, 5.41) is 49.7. The Labute approximate surface area is 337 Å². The maximum atomic E-state index is 12.7. The second kappa shape index (κ2) is 33.4. The summed E-state index contributed by atoms with van der Waals surface area (Å²) in [5.74, 6) is -1.39. The molecule has 0 radical (unpaired) electrons. The van der Waals surface area contributed by atoms with Gasteiger partial charge in [0.25, 0.3) is 0 Å². The molecule has 14 heteroatoms. The highest BCUT2D eigenvalue weighted by Crippen LogP contribution is 2.43. The lowest BCUT2D eigenvalue weighted by Gasteiger charge is -2.21. The zero-order valence-electron chi connectivity index (χ0n) is 34.7. The maximum Gasteiger partial charge on any atom is 0.472 e. The van der Waals surface area contributed by atoms with Crippen LogP contribution >= 0.6 is 7.82 Å². The zero-order valence-corrected chi connectivity index (χ0v) is 35.6. The average Bonchev–Trinajstić information content (AvgIpc) is 3.44. The number of phosphoric ester groups is 1. The van der Waals surface area contributed by atoms with Gasteiger partial charge >= 0.3 is 19.8 Å². The molecule has 1 fully saturated rings. The Morgan fingerprint density at radius 3 is 1.80 bits per heavy atom. The van der Waals surface area contributed by atoms with Crippen LogP contribution in [0.3, 0.4) is 0 Å². The lowest BCUT2D eigenvalue weighted by molar-refractivity contribution is -0.161. The van der Waals surface area contributed by atoms with Gasteiger partial charge in [-0.1, -0.05) is 142 Å². The third-order valence-corrected chi connectivity index (χ3v) is 11.5. The molecule has 0 aromatic heterocycles. The van der Waals surface area contributed by atoms with Crippen molar-refractivity contribution in [1.29, 1.82) is 0 Å². The van der Waals surface area contributed by atoms with Gasteiger partial charge in [0.15, 0.2) is 6.10 Å². The Bertz CT molecular complexity index is 1060. The quantitative estimate of drug-likeness (QED) is 0.0155. The summed E-state index contributed by atoms with van der Waals surface area (Å²) in [6.07, 6.45) is 22.4. The summed E-state index contributed by atoms with van der Waals surface area (Å²) >= 11 is 0. The zero-order chi connectivity index (χ0) is 41.4. The molecule has 1 aliphatic carbocycles. The van der Waals surface area contributed by atoms with Gasteiger partial charge in [0.2, 0.25) is 0 Å². The molecule has 1 aliphatic rings. The van der Waals surface area contributed by atoms with Crippen LogP contribution in [0, 0.1) is 11.8 Å². The minimum atomic E-state index is -4.67. The standard InChI is InChI=1S/C42H79O13P/c1-3-5-7-8-9-10-11-12-13-14-15-16-21-25-41(48)52-32-36(33-54-56(50,51)53-31-35(45)30-43)55-42(49)26-22-18-17-20-24-37-38(40(47)29-39(37)46)28-27-34(44)23-19-6-4-2/h27-28,34-40,43-47H,3-26,29-33H2,1-2H3,(H,50,51)/b28-27+/t34-,35-,36+,37+,38+,39-,40+/m0/s1. The highest BCUT2D eigenvalue weighted by atomic mass is 31.2. The molecular formula is C42H79O13P. The van der Waals surface area contributed by atoms with Crippen molar-refractivity contribution in [1.82, 2.24) is 0 Å². The predicted octanol–water partition coefficient (Wildman–Crippen LogP) is 7.61. The molecule has 0 bridgehead atoms. The van der Waals surface area contributed by atoms with E-state index >= 15 is 0 Å². The number of hydrogen-bond donors (Lipinski definition) is 6. The summed E-state index contributed by atoms with van der Waals surface area (Å²) in [7, 11) is -4.67. The molecule has 6 N–H and O–H groups in total. The van der Waals surface area contributed by atoms with Gasteiger partial charge in [-0.25, -0.2) is 4.57 Å². The van der Waals surface area contributed by atoms with Crippen LogP contribution in [0.1, 0.15) is 174 Å². The number of aliphatic hydroxyl groups excluding tert-OH is 5. The van der Waals surface area contributed by atoms with Crippen molar-refractivity contribution in [3.8, 4) is 0 Å². The van der Waals surface area contributed by atoms with Crippen LogP contribution < -0.4 is 0 Å². The fourth-order valence-corrected chi connectivity index (χ4v) is 7.88. The molecule has 0 spiro atoms. The van der Waals surface area contributed by atoms with Crippen LogP contribution in [-0.2, 0) is 32.7 Å². The number of unbranched alkanes of at least 4 members (excludes halogenated alkanes) is 17. The topological polar surface area (TPSA) is 210 Å². The van der Waals surface area contributed by atoms with Crippen molar-refractivity contribution in [2.24, 2.45) is 11.8 Å². The van der Waals surface area contributed by atoms with Gasteiger partial charge in [-0.05, 0) is 31.6 Å². The SMILES string of the molecule is CCCCCCCCCCCCCCCC(=O)OC[C@H](COP(=O)(O)OC[C@@H](O)CO)OC(=O)CCCCCC[C@@H]1[C@@H](/C=C/[C@@H](O)CCCCC)[C@H](O)C[C@@H]1O. The first-order chi connectivity index (χ1) is 26.9. The highest BCUT2D eigenvalue weighted by Gasteiger charge is 2.39. The molecular weight excluding hydrogens is 743 g/mol. The monoisotopic (exact) mass is 823 g/mol. The molecule has 0 aliphatic heterocycles. The van der Waals surface area contributed by atoms with E-state index < -0.39 is 70.1 Å². The fraction of sp³-hybridized carbons (Fsp3) is 0.905. The number of carbonyl (C=O) groups is 2. The van der Waals surface area contributed by atoms with Gasteiger partial charge in [0.1, 0.15) is 12.7 Å². The summed E-state index contributed by atoms with van der Waals surface area (Å²) in [4.78, 5) is 35.2. The van der Waals surface area contributed by atoms with E-state index in [4.69, 9.17) is 19.1 Å². The number of hydrogen-bond acceptors (Lipinski definition) is 12. The molecule has 330 valence electrons. The number of rotatable bonds is 37. The van der Waals surface area contributed by atoms with Crippen molar-refractivity contribution >= 4 is 19.8 Å². The molecule has 1 rings (SSSR count). The average molecular weight is 823 g/mol. The van der Waals surface area contributed by atoms with E-state index in [0.29, 0.717) is 38.5 Å². The van der Waals surface area contributed by atoms with E-state index in [9.17, 15) is 39.5 Å². The Morgan fingerprint density at radius 1 is 0.696 bits per heavy atom. The number of esters is 2. The molecule has 0 aromatic rings. The highest BCUT2D eigenvalue weighted by molar-refractivity contribution is 7.47. The molecule has 1 unspecified atom stereocenters. The Balaban J connectivity index is 2.45. The number of carbonyl (C=O) groups excluding carboxylic acids is 2. The Hall–Kier alpha value is -1.41. The van der Waals surface area contributed by atoms with Gasteiger partial charge in [-0.3, -0.25) is 18.6 Å². The van der Waals surface area contributed by atoms with Crippen molar-refractivity contribution < 1.29 is 63.1 Å². The summed E-state index contributed by atoms with van der Waals surface area (Å²) in [6.45, 7) is 2.04. The van der Waals surface area contributed by atoms with Crippen LogP contribution in [0.15, 0.2) is 12.2 Å². The molecule has 0 amide bonds. The molecule has 0 saturated heterocycles. The Morgan fingerprint density at radius 2 is 1.21 bits per heavy atom. The van der Waals surface area contributed by atoms with Crippen molar-refractivity contribution in [2.45, 2.75) is 205 Å². The van der Waals surface area contributed by atoms with E-state index in [1.807, 2.05) is 6.08 Å². The van der Waals surface area contributed by atoms with Gasteiger partial charge in [-0.2, -0.15) is 0 Å². The van der Waals surface area contributed by atoms with Gasteiger partial charge in [0, 0.05) is 25.2 Å². The third kappa shape index (κ3) is 27.3. The smallest absolute Gasteiger partial charge is 0.462 e. The van der Waals surface area contributed by atoms with Crippen LogP contribution in [-0.4, -0.2) is 99.3 Å². The Kier molecular flexibility index (Phi) is 31.4. The van der Waals surface area contributed by atoms with Crippen LogP contribution in [0.25, 0.3) is 0 Å². The van der Waals surface area contributed by atoms with Crippen molar-refractivity contribution in [3.05, 3.63) is 12.2 Å². The van der Waals surface area contributed by atoms with Gasteiger partial charge in [-0.15, -0.1) is 0 Å². The van der Waals surface area contributed by atoms with Gasteiger partial charge in [0.05, 0.1) is 38.1 Å². The molecule has 0 aromatic carbocycles. The number of aliphatic hydroxyl groups is 5. The van der Waals surface area contributed by atoms with E-state index in [1.54, 1.807) is 6.08 Å². The minimum Gasteiger partial charge on any atom is -0.462 e. The first kappa shape index (κ1) is 52.6. The summed E-state index contributed by atoms with van der Waals surface area (Å²) in [5.41, 5.74) is 0. The van der Waals surface area contributed by atoms with E-state index in [-0.39, 0.29) is 31.3 Å². The third-order valence-electron chi connectivity index (χ3n) is 10.5. The lowest BCUT2D eigenvalue weighted by atomic mass is 9.88. The van der Waals surface area contributed by atoms with Gasteiger partial charge < -0.3 is 39.9 Å². The second-order valence-corrected chi connectivity index (χ2v) is 17.2. The lowest BCUT2D eigenvalue weighted by Crippen LogP contribution is -2.29. The fourth-order valence-electron chi connectivity index (χ4n) is 7.09. The van der Waals surface area contributed by atoms with E-state index in [1.165, 1.54) is 57.8 Å². The van der Waals surface area contributed by atoms with Crippen LogP contribution in [0.4, 0.5) is 0 Å². The summed E-state index contributed by atoms with van der Waals surface area (Å²) in [6, 6.07) is 0. The normalized spacial score (nSPS) is 21.2. The predicted molar refractivity (Wildman–Crippen MR) is 217 cm³/mol. The van der Waals surface area contributed by atoms with E-state index in [0.717, 1.165) is 51.4 Å². The minimum absolute atomic E-state index is 0.0609. The molecule has 1 saturated carbocycles. The second-order valence-electron chi connectivity index (χ2n) is 15.7. The molecule has 13 nitrogen and oxygen atoms in total. The maximum absolute atomic E-state index is 12.7. The number of ether oxygens (including phenoxy) is 2. The summed E-state index contributed by atoms with van der Waals surface area (Å²) < 4.78 is 32.7. The van der Waals surface area contributed by atoms with Crippen molar-refractivity contribution in [3.63, 3.8) is 0 Å². The molecule has 0 heterocycles. The number of phosphoric acid groups is 1. The first-order valence-corrected chi connectivity index (χ1v) is 23.4. The van der Waals surface area contributed by atoms with Crippen molar-refractivity contribution in [2.75, 3.05) is 26.4 Å². The largest absolute Gasteiger partial charge is 0.472 e. The first-order valence-electron chi connectivity index (χ1n) is 21.9. The van der Waals surface area contributed by atoms with Crippen LogP contribution in [0.5, 0.6) is 0 Å². The van der Waals surface area contributed by atoms with E-state index in [2.05, 4.69) is 18.4 Å². The van der Waals surface area contributed by atoms with Crippen LogP contribution in [0.2, 0.25) is 0 Å². The molecule has 8 atom stereocenters. The molecule has 56 heavy (non-hydrogen) atoms.